The van der Waals surface area contributed by atoms with Crippen molar-refractivity contribution in [2.45, 2.75) is 40.2 Å². The van der Waals surface area contributed by atoms with Crippen molar-refractivity contribution in [1.82, 2.24) is 0 Å². The maximum absolute atomic E-state index is 12.1. The fourth-order valence-electron chi connectivity index (χ4n) is 2.71. The number of carbonyl (C=O) groups is 1. The van der Waals surface area contributed by atoms with Crippen molar-refractivity contribution in [3.05, 3.63) is 51.6 Å². The van der Waals surface area contributed by atoms with Gasteiger partial charge in [-0.25, -0.2) is 4.79 Å². The van der Waals surface area contributed by atoms with E-state index in [4.69, 9.17) is 9.47 Å². The van der Waals surface area contributed by atoms with Crippen LogP contribution in [0.3, 0.4) is 0 Å². The molecule has 0 spiro atoms. The second-order valence-corrected chi connectivity index (χ2v) is 7.32. The maximum atomic E-state index is 12.1. The van der Waals surface area contributed by atoms with Gasteiger partial charge in [-0.3, -0.25) is 15.4 Å². The molecule has 2 aromatic rings. The summed E-state index contributed by atoms with van der Waals surface area (Å²) >= 11 is 0. The number of hydrogen-bond donors (Lipinski definition) is 2. The second-order valence-electron chi connectivity index (χ2n) is 7.32. The molecule has 0 aliphatic heterocycles. The Morgan fingerprint density at radius 3 is 2.25 bits per heavy atom. The van der Waals surface area contributed by atoms with Crippen molar-refractivity contribution in [3.63, 3.8) is 0 Å². The van der Waals surface area contributed by atoms with Crippen LogP contribution in [0, 0.1) is 24.0 Å². The number of amides is 1. The lowest BCUT2D eigenvalue weighted by Gasteiger charge is -2.21. The lowest BCUT2D eigenvalue weighted by atomic mass is 10.1. The van der Waals surface area contributed by atoms with E-state index in [9.17, 15) is 14.9 Å². The predicted octanol–water partition coefficient (Wildman–Crippen LogP) is 5.39. The van der Waals surface area contributed by atoms with E-state index in [0.29, 0.717) is 17.1 Å². The number of ether oxygens (including phenoxy) is 2. The number of carbonyl (C=O) groups excluding carboxylic acids is 1. The number of anilines is 2. The summed E-state index contributed by atoms with van der Waals surface area (Å²) in [6.45, 7) is 8.98. The van der Waals surface area contributed by atoms with Crippen LogP contribution < -0.4 is 15.4 Å². The quantitative estimate of drug-likeness (QED) is 0.526. The van der Waals surface area contributed by atoms with E-state index >= 15 is 0 Å². The molecule has 0 radical (unpaired) electrons. The van der Waals surface area contributed by atoms with Gasteiger partial charge >= 0.3 is 11.8 Å². The molecule has 1 amide bonds. The van der Waals surface area contributed by atoms with Crippen LogP contribution in [0.1, 0.15) is 31.9 Å². The van der Waals surface area contributed by atoms with Crippen molar-refractivity contribution in [2.75, 3.05) is 17.7 Å². The zero-order chi connectivity index (χ0) is 21.1. The van der Waals surface area contributed by atoms with Gasteiger partial charge in [0.15, 0.2) is 0 Å². The van der Waals surface area contributed by atoms with E-state index in [1.54, 1.807) is 52.1 Å². The Morgan fingerprint density at radius 1 is 1.14 bits per heavy atom. The van der Waals surface area contributed by atoms with Crippen molar-refractivity contribution in [1.29, 1.82) is 0 Å². The molecule has 0 aliphatic rings. The van der Waals surface area contributed by atoms with Gasteiger partial charge in [0.05, 0.1) is 10.6 Å². The molecule has 0 atom stereocenters. The first-order valence-corrected chi connectivity index (χ1v) is 8.76. The molecule has 0 bridgehead atoms. The summed E-state index contributed by atoms with van der Waals surface area (Å²) < 4.78 is 11.1. The first-order chi connectivity index (χ1) is 13.0. The van der Waals surface area contributed by atoms with Gasteiger partial charge in [-0.15, -0.1) is 0 Å². The molecule has 0 heterocycles. The normalized spacial score (nSPS) is 10.9. The molecule has 2 N–H and O–H groups in total. The number of para-hydroxylation sites is 1. The highest BCUT2D eigenvalue weighted by atomic mass is 16.6. The Kier molecular flexibility index (Phi) is 6.12. The minimum Gasteiger partial charge on any atom is -0.450 e. The molecule has 28 heavy (non-hydrogen) atoms. The fourth-order valence-corrected chi connectivity index (χ4v) is 2.71. The highest BCUT2D eigenvalue weighted by molar-refractivity contribution is 5.87. The third-order valence-corrected chi connectivity index (χ3v) is 3.81. The molecule has 0 saturated carbocycles. The molecular weight excluding hydrogens is 362 g/mol. The number of nitro benzene ring substituents is 1. The van der Waals surface area contributed by atoms with Crippen molar-refractivity contribution in [3.8, 4) is 11.5 Å². The van der Waals surface area contributed by atoms with Gasteiger partial charge in [-0.05, 0) is 70.0 Å². The van der Waals surface area contributed by atoms with E-state index in [0.717, 1.165) is 11.1 Å². The summed E-state index contributed by atoms with van der Waals surface area (Å²) in [6, 6.07) is 8.23. The van der Waals surface area contributed by atoms with Crippen LogP contribution in [0.15, 0.2) is 30.3 Å². The molecule has 2 aromatic carbocycles. The van der Waals surface area contributed by atoms with Crippen LogP contribution in [0.2, 0.25) is 0 Å². The fraction of sp³-hybridized carbons (Fsp3) is 0.350. The van der Waals surface area contributed by atoms with Crippen LogP contribution in [-0.4, -0.2) is 23.7 Å². The predicted molar refractivity (Wildman–Crippen MR) is 108 cm³/mol. The SMILES string of the molecule is CNc1cccc(Oc2cc(C)c(NC(=O)OC(C)(C)C)c(C)c2)c1[N+](=O)[O-]. The molecule has 8 nitrogen and oxygen atoms in total. The number of nitrogens with zero attached hydrogens (tertiary/aromatic N) is 1. The Morgan fingerprint density at radius 2 is 1.75 bits per heavy atom. The topological polar surface area (TPSA) is 103 Å². The van der Waals surface area contributed by atoms with E-state index < -0.39 is 16.6 Å². The minimum atomic E-state index is -0.605. The van der Waals surface area contributed by atoms with Gasteiger partial charge in [0.2, 0.25) is 5.75 Å². The Balaban J connectivity index is 2.31. The van der Waals surface area contributed by atoms with Gasteiger partial charge in [0.25, 0.3) is 0 Å². The summed E-state index contributed by atoms with van der Waals surface area (Å²) in [4.78, 5) is 23.0. The van der Waals surface area contributed by atoms with E-state index in [1.165, 1.54) is 6.07 Å². The molecule has 0 unspecified atom stereocenters. The Hall–Kier alpha value is -3.29. The third-order valence-electron chi connectivity index (χ3n) is 3.81. The highest BCUT2D eigenvalue weighted by Gasteiger charge is 2.22. The number of hydrogen-bond acceptors (Lipinski definition) is 6. The largest absolute Gasteiger partial charge is 0.450 e. The average Bonchev–Trinajstić information content (AvgIpc) is 2.56. The summed E-state index contributed by atoms with van der Waals surface area (Å²) in [5.74, 6) is 0.560. The summed E-state index contributed by atoms with van der Waals surface area (Å²) in [5.41, 5.74) is 1.71. The molecular formula is C20H25N3O5. The summed E-state index contributed by atoms with van der Waals surface area (Å²) in [7, 11) is 1.61. The van der Waals surface area contributed by atoms with Gasteiger partial charge in [0.1, 0.15) is 17.0 Å². The van der Waals surface area contributed by atoms with Gasteiger partial charge in [-0.2, -0.15) is 0 Å². The third kappa shape index (κ3) is 5.12. The van der Waals surface area contributed by atoms with Gasteiger partial charge < -0.3 is 14.8 Å². The van der Waals surface area contributed by atoms with E-state index in [1.807, 2.05) is 13.8 Å². The van der Waals surface area contributed by atoms with E-state index in [-0.39, 0.29) is 11.4 Å². The lowest BCUT2D eigenvalue weighted by molar-refractivity contribution is -0.384. The van der Waals surface area contributed by atoms with Gasteiger partial charge in [0, 0.05) is 7.05 Å². The number of aryl methyl sites for hydroxylation is 2. The smallest absolute Gasteiger partial charge is 0.412 e. The van der Waals surface area contributed by atoms with Crippen LogP contribution in [-0.2, 0) is 4.74 Å². The number of nitrogens with one attached hydrogen (secondary N) is 2. The molecule has 150 valence electrons. The van der Waals surface area contributed by atoms with E-state index in [2.05, 4.69) is 10.6 Å². The molecule has 2 rings (SSSR count). The Bertz CT molecular complexity index is 880. The standard InChI is InChI=1S/C20H25N3O5/c1-12-10-14(11-13(2)17(12)22-19(24)28-20(3,4)5)27-16-9-7-8-15(21-6)18(16)23(25)26/h7-11,21H,1-6H3,(H,22,24). The summed E-state index contributed by atoms with van der Waals surface area (Å²) in [6.07, 6.45) is -0.551. The second kappa shape index (κ2) is 8.16. The van der Waals surface area contributed by atoms with Crippen molar-refractivity contribution in [2.24, 2.45) is 0 Å². The summed E-state index contributed by atoms with van der Waals surface area (Å²) in [5, 5.41) is 17.0. The first-order valence-electron chi connectivity index (χ1n) is 8.76. The lowest BCUT2D eigenvalue weighted by Crippen LogP contribution is -2.27. The highest BCUT2D eigenvalue weighted by Crippen LogP contribution is 2.38. The number of benzene rings is 2. The Labute approximate surface area is 164 Å². The number of nitro groups is 1. The zero-order valence-electron chi connectivity index (χ0n) is 16.9. The van der Waals surface area contributed by atoms with Crippen LogP contribution in [0.25, 0.3) is 0 Å². The number of rotatable bonds is 5. The van der Waals surface area contributed by atoms with Crippen LogP contribution in [0.4, 0.5) is 21.9 Å². The average molecular weight is 387 g/mol. The molecule has 0 fully saturated rings. The first kappa shape index (κ1) is 21.0. The van der Waals surface area contributed by atoms with Crippen molar-refractivity contribution < 1.29 is 19.2 Å². The van der Waals surface area contributed by atoms with Crippen molar-refractivity contribution >= 4 is 23.2 Å². The molecule has 0 saturated heterocycles. The minimum absolute atomic E-state index is 0.128. The van der Waals surface area contributed by atoms with Crippen LogP contribution in [0.5, 0.6) is 11.5 Å². The van der Waals surface area contributed by atoms with Crippen LogP contribution >= 0.6 is 0 Å². The molecule has 0 aliphatic carbocycles. The van der Waals surface area contributed by atoms with Gasteiger partial charge in [-0.1, -0.05) is 6.07 Å². The molecule has 0 aromatic heterocycles. The maximum Gasteiger partial charge on any atom is 0.412 e. The molecule has 8 heteroatoms. The zero-order valence-corrected chi connectivity index (χ0v) is 16.9. The monoisotopic (exact) mass is 387 g/mol.